The molecule has 0 amide bonds. The van der Waals surface area contributed by atoms with Gasteiger partial charge in [0.05, 0.1) is 6.04 Å². The van der Waals surface area contributed by atoms with E-state index in [0.717, 1.165) is 16.8 Å². The number of hydrogen-bond donors (Lipinski definition) is 0. The van der Waals surface area contributed by atoms with E-state index in [-0.39, 0.29) is 17.3 Å². The molecule has 0 bridgehead atoms. The summed E-state index contributed by atoms with van der Waals surface area (Å²) in [5.74, 6) is -2.00. The monoisotopic (exact) mass is 499 g/mol. The van der Waals surface area contributed by atoms with Crippen LogP contribution in [-0.4, -0.2) is 29.4 Å². The molecule has 4 aromatic rings. The largest absolute Gasteiger partial charge is 0.352 e. The van der Waals surface area contributed by atoms with Crippen LogP contribution in [-0.2, 0) is 0 Å². The van der Waals surface area contributed by atoms with Crippen molar-refractivity contribution < 1.29 is 18.8 Å². The molecule has 1 aliphatic carbocycles. The Balaban J connectivity index is 1.54. The Hall–Kier alpha value is -4.64. The van der Waals surface area contributed by atoms with Crippen molar-refractivity contribution in [2.75, 3.05) is 4.90 Å². The van der Waals surface area contributed by atoms with E-state index in [0.29, 0.717) is 16.7 Å². The van der Waals surface area contributed by atoms with Gasteiger partial charge in [-0.25, -0.2) is 4.39 Å². The van der Waals surface area contributed by atoms with Gasteiger partial charge in [0.2, 0.25) is 0 Å². The maximum absolute atomic E-state index is 14.5. The van der Waals surface area contributed by atoms with Crippen molar-refractivity contribution in [2.45, 2.75) is 18.0 Å². The molecule has 184 valence electrons. The van der Waals surface area contributed by atoms with E-state index >= 15 is 0 Å². The van der Waals surface area contributed by atoms with Crippen molar-refractivity contribution in [3.8, 4) is 0 Å². The standard InChI is InChI=1S/C33H22FNO3/c34-23-17-14-22(15-18-23)30(36)29-28(21-9-2-1-3-10-21)33(31(37)24-11-5-6-12-25(24)32(33)38)27-19-16-20-8-4-7-13-26(20)35(27)29/h1-19,27-29H/t27-,28-,29+/m1/s1. The zero-order valence-corrected chi connectivity index (χ0v) is 20.3. The lowest BCUT2D eigenvalue weighted by Gasteiger charge is -2.37. The summed E-state index contributed by atoms with van der Waals surface area (Å²) >= 11 is 0. The van der Waals surface area contributed by atoms with Crippen LogP contribution in [0.4, 0.5) is 10.1 Å². The van der Waals surface area contributed by atoms with Crippen LogP contribution in [0.3, 0.4) is 0 Å². The molecule has 4 aromatic carbocycles. The zero-order chi connectivity index (χ0) is 26.0. The second kappa shape index (κ2) is 8.18. The average Bonchev–Trinajstić information content (AvgIpc) is 3.40. The first-order chi connectivity index (χ1) is 18.5. The third-order valence-electron chi connectivity index (χ3n) is 8.27. The van der Waals surface area contributed by atoms with Crippen molar-refractivity contribution in [1.82, 2.24) is 0 Å². The molecule has 1 saturated heterocycles. The summed E-state index contributed by atoms with van der Waals surface area (Å²) in [5.41, 5.74) is 2.00. The van der Waals surface area contributed by atoms with Gasteiger partial charge in [0.1, 0.15) is 17.3 Å². The molecule has 3 aliphatic rings. The molecule has 7 rings (SSSR count). The Bertz CT molecular complexity index is 1620. The van der Waals surface area contributed by atoms with Gasteiger partial charge in [-0.2, -0.15) is 0 Å². The Labute approximate surface area is 219 Å². The summed E-state index contributed by atoms with van der Waals surface area (Å²) in [5, 5.41) is 0. The number of ketones is 3. The molecule has 4 nitrogen and oxygen atoms in total. The fourth-order valence-corrected chi connectivity index (χ4v) is 6.74. The number of rotatable bonds is 3. The first-order valence-electron chi connectivity index (χ1n) is 12.6. The minimum absolute atomic E-state index is 0.262. The molecule has 3 atom stereocenters. The number of hydrogen-bond acceptors (Lipinski definition) is 4. The molecule has 1 fully saturated rings. The van der Waals surface area contributed by atoms with Crippen LogP contribution < -0.4 is 4.90 Å². The zero-order valence-electron chi connectivity index (χ0n) is 20.3. The highest BCUT2D eigenvalue weighted by molar-refractivity contribution is 6.32. The quantitative estimate of drug-likeness (QED) is 0.251. The van der Waals surface area contributed by atoms with Crippen LogP contribution >= 0.6 is 0 Å². The van der Waals surface area contributed by atoms with Gasteiger partial charge in [0.25, 0.3) is 0 Å². The number of benzene rings is 4. The van der Waals surface area contributed by atoms with Crippen LogP contribution in [0.1, 0.15) is 48.1 Å². The number of Topliss-reactive ketones (excluding diaryl/α,β-unsaturated/α-hetero) is 3. The van der Waals surface area contributed by atoms with Crippen molar-refractivity contribution in [2.24, 2.45) is 5.41 Å². The lowest BCUT2D eigenvalue weighted by molar-refractivity contribution is 0.0666. The Morgan fingerprint density at radius 2 is 1.34 bits per heavy atom. The van der Waals surface area contributed by atoms with Crippen LogP contribution in [0.15, 0.2) is 109 Å². The van der Waals surface area contributed by atoms with Gasteiger partial charge in [-0.1, -0.05) is 84.9 Å². The van der Waals surface area contributed by atoms with Gasteiger partial charge in [-0.3, -0.25) is 14.4 Å². The maximum Gasteiger partial charge on any atom is 0.185 e. The molecular weight excluding hydrogens is 477 g/mol. The van der Waals surface area contributed by atoms with E-state index in [1.807, 2.05) is 71.6 Å². The van der Waals surface area contributed by atoms with E-state index in [1.165, 1.54) is 24.3 Å². The van der Waals surface area contributed by atoms with Crippen molar-refractivity contribution in [1.29, 1.82) is 0 Å². The van der Waals surface area contributed by atoms with Gasteiger partial charge in [-0.05, 0) is 41.5 Å². The Kier molecular flexibility index (Phi) is 4.86. The molecule has 2 heterocycles. The smallest absolute Gasteiger partial charge is 0.185 e. The second-order valence-electron chi connectivity index (χ2n) is 10.0. The summed E-state index contributed by atoms with van der Waals surface area (Å²) < 4.78 is 13.8. The third kappa shape index (κ3) is 2.87. The number of carbonyl (C=O) groups is 3. The summed E-state index contributed by atoms with van der Waals surface area (Å²) in [4.78, 5) is 45.4. The molecule has 1 spiro atoms. The number of fused-ring (bicyclic) bond motifs is 5. The molecule has 0 aromatic heterocycles. The van der Waals surface area contributed by atoms with Gasteiger partial charge in [0, 0.05) is 28.3 Å². The van der Waals surface area contributed by atoms with Gasteiger partial charge < -0.3 is 4.90 Å². The van der Waals surface area contributed by atoms with E-state index in [9.17, 15) is 18.8 Å². The lowest BCUT2D eigenvalue weighted by Crippen LogP contribution is -2.48. The minimum atomic E-state index is -1.53. The van der Waals surface area contributed by atoms with Gasteiger partial charge >= 0.3 is 0 Å². The van der Waals surface area contributed by atoms with Crippen LogP contribution in [0, 0.1) is 11.2 Å². The van der Waals surface area contributed by atoms with Crippen molar-refractivity contribution in [3.05, 3.63) is 143 Å². The lowest BCUT2D eigenvalue weighted by atomic mass is 9.64. The number of anilines is 1. The number of halogens is 1. The van der Waals surface area contributed by atoms with E-state index < -0.39 is 29.2 Å². The molecule has 38 heavy (non-hydrogen) atoms. The van der Waals surface area contributed by atoms with Crippen LogP contribution in [0.2, 0.25) is 0 Å². The molecular formula is C33H22FNO3. The molecule has 2 aliphatic heterocycles. The first kappa shape index (κ1) is 22.5. The molecule has 5 heteroatoms. The summed E-state index contributed by atoms with van der Waals surface area (Å²) in [6.07, 6.45) is 3.84. The highest BCUT2D eigenvalue weighted by atomic mass is 19.1. The SMILES string of the molecule is O=C(c1ccc(F)cc1)[C@@H]1[C@@H](c2ccccc2)C2(C(=O)c3ccccc3C2=O)[C@H]2C=Cc3ccccc3N12. The number of carbonyl (C=O) groups excluding carboxylic acids is 3. The van der Waals surface area contributed by atoms with Crippen LogP contribution in [0.25, 0.3) is 6.08 Å². The number of para-hydroxylation sites is 1. The number of nitrogens with zero attached hydrogens (tertiary/aromatic N) is 1. The average molecular weight is 500 g/mol. The van der Waals surface area contributed by atoms with E-state index in [4.69, 9.17) is 0 Å². The predicted molar refractivity (Wildman–Crippen MR) is 143 cm³/mol. The van der Waals surface area contributed by atoms with Crippen molar-refractivity contribution in [3.63, 3.8) is 0 Å². The summed E-state index contributed by atoms with van der Waals surface area (Å²) in [6.45, 7) is 0. The molecule has 0 saturated carbocycles. The van der Waals surface area contributed by atoms with Gasteiger partial charge in [0.15, 0.2) is 17.3 Å². The summed E-state index contributed by atoms with van der Waals surface area (Å²) in [7, 11) is 0. The van der Waals surface area contributed by atoms with Crippen LogP contribution in [0.5, 0.6) is 0 Å². The van der Waals surface area contributed by atoms with E-state index in [2.05, 4.69) is 0 Å². The van der Waals surface area contributed by atoms with E-state index in [1.54, 1.807) is 24.3 Å². The molecule has 0 radical (unpaired) electrons. The highest BCUT2D eigenvalue weighted by Crippen LogP contribution is 2.60. The maximum atomic E-state index is 14.5. The molecule has 0 N–H and O–H groups in total. The van der Waals surface area contributed by atoms with Crippen molar-refractivity contribution >= 4 is 29.1 Å². The van der Waals surface area contributed by atoms with Gasteiger partial charge in [-0.15, -0.1) is 0 Å². The first-order valence-corrected chi connectivity index (χ1v) is 12.6. The fourth-order valence-electron chi connectivity index (χ4n) is 6.74. The second-order valence-corrected chi connectivity index (χ2v) is 10.0. The molecule has 0 unspecified atom stereocenters. The normalized spacial score (nSPS) is 22.3. The Morgan fingerprint density at radius 1 is 0.737 bits per heavy atom. The third-order valence-corrected chi connectivity index (χ3v) is 8.27. The minimum Gasteiger partial charge on any atom is -0.352 e. The topological polar surface area (TPSA) is 54.5 Å². The summed E-state index contributed by atoms with van der Waals surface area (Å²) in [6, 6.07) is 27.9. The predicted octanol–water partition coefficient (Wildman–Crippen LogP) is 6.14. The fraction of sp³-hybridized carbons (Fsp3) is 0.121. The highest BCUT2D eigenvalue weighted by Gasteiger charge is 2.71. The Morgan fingerprint density at radius 3 is 2.03 bits per heavy atom.